The van der Waals surface area contributed by atoms with Crippen LogP contribution in [0.5, 0.6) is 5.75 Å². The lowest BCUT2D eigenvalue weighted by atomic mass is 10.0. The maximum Gasteiger partial charge on any atom is 0.257 e. The van der Waals surface area contributed by atoms with E-state index in [1.54, 1.807) is 31.3 Å². The molecule has 0 saturated carbocycles. The zero-order valence-corrected chi connectivity index (χ0v) is 20.0. The first-order valence-corrected chi connectivity index (χ1v) is 11.6. The third-order valence-corrected chi connectivity index (χ3v) is 6.28. The first kappa shape index (κ1) is 23.9. The Hall–Kier alpha value is -3.23. The molecule has 180 valence electrons. The molecule has 0 spiro atoms. The predicted molar refractivity (Wildman–Crippen MR) is 128 cm³/mol. The number of likely N-dealkylation sites (N-methyl/N-ethyl adjacent to an activating group) is 1. The summed E-state index contributed by atoms with van der Waals surface area (Å²) in [4.78, 5) is 17.3. The monoisotopic (exact) mass is 466 g/mol. The van der Waals surface area contributed by atoms with Crippen LogP contribution in [0.2, 0.25) is 0 Å². The van der Waals surface area contributed by atoms with E-state index in [1.807, 2.05) is 28.9 Å². The van der Waals surface area contributed by atoms with E-state index in [2.05, 4.69) is 11.8 Å². The SMILES string of the molecule is CCN1CCc2c(c(CN(CCOC)C(=O)c3ccccc3F)nn2-c2ccccc2OC)C1. The molecule has 4 rings (SSSR count). The van der Waals surface area contributed by atoms with Crippen LogP contribution in [0.3, 0.4) is 0 Å². The molecule has 34 heavy (non-hydrogen) atoms. The highest BCUT2D eigenvalue weighted by Crippen LogP contribution is 2.30. The van der Waals surface area contributed by atoms with Crippen molar-refractivity contribution in [3.63, 3.8) is 0 Å². The fourth-order valence-corrected chi connectivity index (χ4v) is 4.38. The summed E-state index contributed by atoms with van der Waals surface area (Å²) in [6.07, 6.45) is 0.841. The first-order chi connectivity index (χ1) is 16.6. The van der Waals surface area contributed by atoms with Crippen molar-refractivity contribution in [2.24, 2.45) is 0 Å². The normalized spacial score (nSPS) is 13.5. The minimum atomic E-state index is -0.534. The molecule has 3 aromatic rings. The minimum Gasteiger partial charge on any atom is -0.494 e. The van der Waals surface area contributed by atoms with Crippen LogP contribution in [-0.2, 0) is 24.2 Å². The summed E-state index contributed by atoms with van der Waals surface area (Å²) in [7, 11) is 3.23. The number of carbonyl (C=O) groups excluding carboxylic acids is 1. The second-order valence-corrected chi connectivity index (χ2v) is 8.27. The zero-order chi connectivity index (χ0) is 24.1. The van der Waals surface area contributed by atoms with Gasteiger partial charge in [-0.1, -0.05) is 31.2 Å². The number of aromatic nitrogens is 2. The van der Waals surface area contributed by atoms with Gasteiger partial charge in [-0.3, -0.25) is 9.69 Å². The summed E-state index contributed by atoms with van der Waals surface area (Å²) in [5, 5.41) is 4.97. The van der Waals surface area contributed by atoms with E-state index in [4.69, 9.17) is 14.6 Å². The van der Waals surface area contributed by atoms with Crippen LogP contribution in [0.15, 0.2) is 48.5 Å². The lowest BCUT2D eigenvalue weighted by Gasteiger charge is -2.27. The number of amides is 1. The summed E-state index contributed by atoms with van der Waals surface area (Å²) in [6, 6.07) is 13.8. The molecule has 1 amide bonds. The van der Waals surface area contributed by atoms with Gasteiger partial charge < -0.3 is 14.4 Å². The van der Waals surface area contributed by atoms with Crippen molar-refractivity contribution >= 4 is 5.91 Å². The number of para-hydroxylation sites is 2. The third-order valence-electron chi connectivity index (χ3n) is 6.28. The summed E-state index contributed by atoms with van der Waals surface area (Å²) in [6.45, 7) is 5.70. The lowest BCUT2D eigenvalue weighted by molar-refractivity contribution is 0.0672. The van der Waals surface area contributed by atoms with E-state index in [0.29, 0.717) is 13.2 Å². The van der Waals surface area contributed by atoms with E-state index in [9.17, 15) is 9.18 Å². The number of ether oxygens (including phenoxy) is 2. The van der Waals surface area contributed by atoms with Gasteiger partial charge in [0.05, 0.1) is 37.2 Å². The Labute approximate surface area is 199 Å². The van der Waals surface area contributed by atoms with Gasteiger partial charge >= 0.3 is 0 Å². The average molecular weight is 467 g/mol. The van der Waals surface area contributed by atoms with Gasteiger partial charge in [0.1, 0.15) is 17.3 Å². The highest BCUT2D eigenvalue weighted by atomic mass is 19.1. The number of carbonyl (C=O) groups is 1. The number of nitrogens with zero attached hydrogens (tertiary/aromatic N) is 4. The van der Waals surface area contributed by atoms with Gasteiger partial charge in [-0.2, -0.15) is 5.10 Å². The van der Waals surface area contributed by atoms with Crippen LogP contribution in [0.1, 0.15) is 34.2 Å². The first-order valence-electron chi connectivity index (χ1n) is 11.6. The van der Waals surface area contributed by atoms with Gasteiger partial charge in [-0.25, -0.2) is 9.07 Å². The Morgan fingerprint density at radius 2 is 1.91 bits per heavy atom. The molecule has 8 heteroatoms. The quantitative estimate of drug-likeness (QED) is 0.482. The second-order valence-electron chi connectivity index (χ2n) is 8.27. The molecule has 2 heterocycles. The second kappa shape index (κ2) is 10.8. The Morgan fingerprint density at radius 1 is 1.15 bits per heavy atom. The van der Waals surface area contributed by atoms with Gasteiger partial charge in [-0.15, -0.1) is 0 Å². The molecular weight excluding hydrogens is 435 g/mol. The van der Waals surface area contributed by atoms with Crippen molar-refractivity contribution in [1.82, 2.24) is 19.6 Å². The van der Waals surface area contributed by atoms with Crippen LogP contribution in [0.4, 0.5) is 4.39 Å². The largest absolute Gasteiger partial charge is 0.494 e. The van der Waals surface area contributed by atoms with Crippen LogP contribution in [0, 0.1) is 5.82 Å². The topological polar surface area (TPSA) is 59.8 Å². The summed E-state index contributed by atoms with van der Waals surface area (Å²) >= 11 is 0. The molecule has 0 bridgehead atoms. The van der Waals surface area contributed by atoms with Gasteiger partial charge in [0.25, 0.3) is 5.91 Å². The molecule has 0 fully saturated rings. The van der Waals surface area contributed by atoms with E-state index >= 15 is 0 Å². The molecule has 0 unspecified atom stereocenters. The Morgan fingerprint density at radius 3 is 2.65 bits per heavy atom. The van der Waals surface area contributed by atoms with Gasteiger partial charge in [0.15, 0.2) is 0 Å². The summed E-state index contributed by atoms with van der Waals surface area (Å²) in [5.74, 6) is -0.177. The number of hydrogen-bond donors (Lipinski definition) is 0. The highest BCUT2D eigenvalue weighted by Gasteiger charge is 2.28. The van der Waals surface area contributed by atoms with Crippen molar-refractivity contribution in [1.29, 1.82) is 0 Å². The zero-order valence-electron chi connectivity index (χ0n) is 20.0. The van der Waals surface area contributed by atoms with E-state index < -0.39 is 5.82 Å². The summed E-state index contributed by atoms with van der Waals surface area (Å²) < 4.78 is 27.2. The van der Waals surface area contributed by atoms with Crippen molar-refractivity contribution in [3.05, 3.63) is 76.9 Å². The van der Waals surface area contributed by atoms with Crippen LogP contribution < -0.4 is 4.74 Å². The Bertz CT molecular complexity index is 1150. The van der Waals surface area contributed by atoms with Gasteiger partial charge in [0, 0.05) is 38.7 Å². The van der Waals surface area contributed by atoms with Crippen molar-refractivity contribution in [2.45, 2.75) is 26.4 Å². The third kappa shape index (κ3) is 4.83. The minimum absolute atomic E-state index is 0.0480. The van der Waals surface area contributed by atoms with Crippen LogP contribution in [0.25, 0.3) is 5.69 Å². The maximum atomic E-state index is 14.4. The van der Waals surface area contributed by atoms with E-state index in [1.165, 1.54) is 12.1 Å². The van der Waals surface area contributed by atoms with Crippen LogP contribution in [-0.4, -0.2) is 65.9 Å². The molecule has 7 nitrogen and oxygen atoms in total. The lowest BCUT2D eigenvalue weighted by Crippen LogP contribution is -2.35. The Kier molecular flexibility index (Phi) is 7.59. The fraction of sp³-hybridized carbons (Fsp3) is 0.385. The smallest absolute Gasteiger partial charge is 0.257 e. The molecule has 0 atom stereocenters. The van der Waals surface area contributed by atoms with Gasteiger partial charge in [-0.05, 0) is 30.8 Å². The van der Waals surface area contributed by atoms with Crippen LogP contribution >= 0.6 is 0 Å². The number of halogens is 1. The maximum absolute atomic E-state index is 14.4. The molecule has 1 aliphatic rings. The van der Waals surface area contributed by atoms with E-state index in [0.717, 1.165) is 54.4 Å². The Balaban J connectivity index is 1.75. The molecule has 0 radical (unpaired) electrons. The molecule has 2 aromatic carbocycles. The van der Waals surface area contributed by atoms with Crippen molar-refractivity contribution in [3.8, 4) is 11.4 Å². The molecule has 1 aliphatic heterocycles. The predicted octanol–water partition coefficient (Wildman–Crippen LogP) is 3.69. The molecule has 0 aliphatic carbocycles. The van der Waals surface area contributed by atoms with E-state index in [-0.39, 0.29) is 18.0 Å². The number of fused-ring (bicyclic) bond motifs is 1. The number of hydrogen-bond acceptors (Lipinski definition) is 5. The molecule has 0 saturated heterocycles. The number of methoxy groups -OCH3 is 2. The van der Waals surface area contributed by atoms with Crippen molar-refractivity contribution < 1.29 is 18.7 Å². The molecular formula is C26H31FN4O3. The average Bonchev–Trinajstić information content (AvgIpc) is 3.23. The standard InChI is InChI=1S/C26H31FN4O3/c1-4-29-14-13-23-20(17-29)22(28-31(23)24-11-7-8-12-25(24)34-3)18-30(15-16-33-2)26(32)19-9-5-6-10-21(19)27/h5-12H,4,13-18H2,1-3H3. The molecule has 1 aromatic heterocycles. The number of benzene rings is 2. The summed E-state index contributed by atoms with van der Waals surface area (Å²) in [5.41, 5.74) is 3.95. The fourth-order valence-electron chi connectivity index (χ4n) is 4.38. The van der Waals surface area contributed by atoms with Gasteiger partial charge in [0.2, 0.25) is 0 Å². The highest BCUT2D eigenvalue weighted by molar-refractivity contribution is 5.94. The van der Waals surface area contributed by atoms with Crippen molar-refractivity contribution in [2.75, 3.05) is 40.5 Å². The molecule has 0 N–H and O–H groups in total. The number of rotatable bonds is 9.